The number of aromatic nitrogens is 2. The van der Waals surface area contributed by atoms with Crippen LogP contribution < -0.4 is 0 Å². The van der Waals surface area contributed by atoms with E-state index < -0.39 is 9.84 Å². The number of imidazole rings is 1. The Morgan fingerprint density at radius 3 is 2.85 bits per heavy atom. The third kappa shape index (κ3) is 3.38. The van der Waals surface area contributed by atoms with E-state index in [1.165, 1.54) is 12.1 Å². The van der Waals surface area contributed by atoms with Crippen LogP contribution in [0.3, 0.4) is 0 Å². The van der Waals surface area contributed by atoms with E-state index in [1.807, 2.05) is 6.07 Å². The topological polar surface area (TPSA) is 75.8 Å². The Kier molecular flexibility index (Phi) is 4.42. The van der Waals surface area contributed by atoms with Crippen LogP contribution in [0.5, 0.6) is 0 Å². The largest absolute Gasteiger partial charge is 0.336 e. The van der Waals surface area contributed by atoms with Gasteiger partial charge < -0.3 is 4.57 Å². The quantitative estimate of drug-likeness (QED) is 0.791. The van der Waals surface area contributed by atoms with Gasteiger partial charge in [-0.1, -0.05) is 6.07 Å². The summed E-state index contributed by atoms with van der Waals surface area (Å²) in [4.78, 5) is 4.19. The molecule has 0 atom stereocenters. The molecule has 0 saturated heterocycles. The summed E-state index contributed by atoms with van der Waals surface area (Å²) < 4.78 is 26.0. The fourth-order valence-electron chi connectivity index (χ4n) is 1.70. The molecule has 1 aromatic carbocycles. The van der Waals surface area contributed by atoms with Gasteiger partial charge in [-0.3, -0.25) is 0 Å². The highest BCUT2D eigenvalue weighted by Crippen LogP contribution is 2.13. The Balaban J connectivity index is 2.13. The smallest absolute Gasteiger partial charge is 0.180 e. The SMILES string of the molecule is N#Cc1cccc(S(=O)(=O)CCn2cnc(CCl)c2)c1. The van der Waals surface area contributed by atoms with E-state index in [0.717, 1.165) is 0 Å². The highest BCUT2D eigenvalue weighted by atomic mass is 35.5. The van der Waals surface area contributed by atoms with Crippen molar-refractivity contribution in [2.75, 3.05) is 5.75 Å². The van der Waals surface area contributed by atoms with Gasteiger partial charge in [0.25, 0.3) is 0 Å². The van der Waals surface area contributed by atoms with Crippen molar-refractivity contribution in [3.8, 4) is 6.07 Å². The van der Waals surface area contributed by atoms with Gasteiger partial charge in [0.15, 0.2) is 9.84 Å². The molecule has 1 aromatic heterocycles. The second-order valence-electron chi connectivity index (χ2n) is 4.19. The summed E-state index contributed by atoms with van der Waals surface area (Å²) in [6.45, 7) is 0.295. The first-order valence-electron chi connectivity index (χ1n) is 5.85. The van der Waals surface area contributed by atoms with E-state index >= 15 is 0 Å². The van der Waals surface area contributed by atoms with Crippen LogP contribution >= 0.6 is 11.6 Å². The lowest BCUT2D eigenvalue weighted by Crippen LogP contribution is -2.12. The van der Waals surface area contributed by atoms with Crippen LogP contribution in [0, 0.1) is 11.3 Å². The van der Waals surface area contributed by atoms with Crippen LogP contribution in [0.4, 0.5) is 0 Å². The van der Waals surface area contributed by atoms with Crippen LogP contribution in [-0.2, 0) is 22.3 Å². The lowest BCUT2D eigenvalue weighted by Gasteiger charge is -2.05. The molecule has 0 spiro atoms. The predicted molar refractivity (Wildman–Crippen MR) is 75.0 cm³/mol. The van der Waals surface area contributed by atoms with Crippen molar-refractivity contribution in [3.63, 3.8) is 0 Å². The molecule has 0 aliphatic heterocycles. The second kappa shape index (κ2) is 6.07. The summed E-state index contributed by atoms with van der Waals surface area (Å²) in [5.41, 5.74) is 1.04. The molecule has 1 heterocycles. The van der Waals surface area contributed by atoms with Crippen molar-refractivity contribution >= 4 is 21.4 Å². The highest BCUT2D eigenvalue weighted by molar-refractivity contribution is 7.91. The molecule has 0 fully saturated rings. The van der Waals surface area contributed by atoms with Gasteiger partial charge in [-0.25, -0.2) is 13.4 Å². The third-order valence-electron chi connectivity index (χ3n) is 2.76. The van der Waals surface area contributed by atoms with E-state index in [4.69, 9.17) is 16.9 Å². The van der Waals surface area contributed by atoms with Crippen LogP contribution in [-0.4, -0.2) is 23.7 Å². The normalized spacial score (nSPS) is 11.2. The van der Waals surface area contributed by atoms with Crippen molar-refractivity contribution in [2.24, 2.45) is 0 Å². The van der Waals surface area contributed by atoms with E-state index in [0.29, 0.717) is 23.7 Å². The van der Waals surface area contributed by atoms with Gasteiger partial charge in [-0.15, -0.1) is 11.6 Å². The summed E-state index contributed by atoms with van der Waals surface area (Å²) in [6, 6.07) is 7.94. The summed E-state index contributed by atoms with van der Waals surface area (Å²) in [5, 5.41) is 8.80. The zero-order valence-corrected chi connectivity index (χ0v) is 12.1. The van der Waals surface area contributed by atoms with Gasteiger partial charge in [0, 0.05) is 12.7 Å². The number of aryl methyl sites for hydroxylation is 1. The molecule has 0 radical (unpaired) electrons. The van der Waals surface area contributed by atoms with Gasteiger partial charge in [0.1, 0.15) is 0 Å². The standard InChI is InChI=1S/C13H12ClN3O2S/c14-7-12-9-17(10-16-12)4-5-20(18,19)13-3-1-2-11(6-13)8-15/h1-3,6,9-10H,4-5,7H2. The molecule has 0 N–H and O–H groups in total. The number of nitrogens with zero attached hydrogens (tertiary/aromatic N) is 3. The molecule has 0 aliphatic carbocycles. The Morgan fingerprint density at radius 1 is 1.40 bits per heavy atom. The number of hydrogen-bond donors (Lipinski definition) is 0. The maximum absolute atomic E-state index is 12.2. The summed E-state index contributed by atoms with van der Waals surface area (Å²) >= 11 is 5.63. The first kappa shape index (κ1) is 14.6. The minimum absolute atomic E-state index is 0.0556. The van der Waals surface area contributed by atoms with Crippen molar-refractivity contribution < 1.29 is 8.42 Å². The van der Waals surface area contributed by atoms with Gasteiger partial charge in [-0.05, 0) is 18.2 Å². The predicted octanol–water partition coefficient (Wildman–Crippen LogP) is 1.97. The molecule has 104 valence electrons. The van der Waals surface area contributed by atoms with Crippen molar-refractivity contribution in [3.05, 3.63) is 48.0 Å². The Bertz CT molecular complexity index is 747. The average molecular weight is 310 g/mol. The first-order valence-corrected chi connectivity index (χ1v) is 8.03. The van der Waals surface area contributed by atoms with Gasteiger partial charge in [0.05, 0.1) is 40.2 Å². The zero-order valence-electron chi connectivity index (χ0n) is 10.5. The van der Waals surface area contributed by atoms with Crippen molar-refractivity contribution in [1.82, 2.24) is 9.55 Å². The number of hydrogen-bond acceptors (Lipinski definition) is 4. The van der Waals surface area contributed by atoms with E-state index in [1.54, 1.807) is 29.2 Å². The van der Waals surface area contributed by atoms with Crippen LogP contribution in [0.15, 0.2) is 41.7 Å². The zero-order chi connectivity index (χ0) is 14.6. The number of benzene rings is 1. The second-order valence-corrected chi connectivity index (χ2v) is 6.57. The monoisotopic (exact) mass is 309 g/mol. The van der Waals surface area contributed by atoms with Gasteiger partial charge in [0.2, 0.25) is 0 Å². The maximum Gasteiger partial charge on any atom is 0.180 e. The lowest BCUT2D eigenvalue weighted by molar-refractivity contribution is 0.588. The van der Waals surface area contributed by atoms with E-state index in [9.17, 15) is 8.42 Å². The summed E-state index contributed by atoms with van der Waals surface area (Å²) in [6.07, 6.45) is 3.27. The highest BCUT2D eigenvalue weighted by Gasteiger charge is 2.15. The van der Waals surface area contributed by atoms with Gasteiger partial charge >= 0.3 is 0 Å². The van der Waals surface area contributed by atoms with E-state index in [2.05, 4.69) is 4.98 Å². The van der Waals surface area contributed by atoms with Crippen molar-refractivity contribution in [2.45, 2.75) is 17.3 Å². The van der Waals surface area contributed by atoms with Gasteiger partial charge in [-0.2, -0.15) is 5.26 Å². The summed E-state index contributed by atoms with van der Waals surface area (Å²) in [7, 11) is -3.42. The molecule has 0 aliphatic rings. The Labute approximate surface area is 122 Å². The first-order chi connectivity index (χ1) is 9.55. The Hall–Kier alpha value is -1.84. The molecular weight excluding hydrogens is 298 g/mol. The van der Waals surface area contributed by atoms with E-state index in [-0.39, 0.29) is 10.6 Å². The number of halogens is 1. The molecule has 0 unspecified atom stereocenters. The fraction of sp³-hybridized carbons (Fsp3) is 0.231. The minimum Gasteiger partial charge on any atom is -0.336 e. The molecule has 20 heavy (non-hydrogen) atoms. The number of alkyl halides is 1. The molecule has 0 bridgehead atoms. The number of nitriles is 1. The molecule has 2 aromatic rings. The molecule has 0 amide bonds. The van der Waals surface area contributed by atoms with Crippen LogP contribution in [0.1, 0.15) is 11.3 Å². The van der Waals surface area contributed by atoms with Crippen LogP contribution in [0.2, 0.25) is 0 Å². The Morgan fingerprint density at radius 2 is 2.20 bits per heavy atom. The van der Waals surface area contributed by atoms with Crippen LogP contribution in [0.25, 0.3) is 0 Å². The lowest BCUT2D eigenvalue weighted by atomic mass is 10.2. The molecule has 5 nitrogen and oxygen atoms in total. The number of rotatable bonds is 5. The minimum atomic E-state index is -3.42. The number of sulfone groups is 1. The molecule has 7 heteroatoms. The third-order valence-corrected chi connectivity index (χ3v) is 4.73. The maximum atomic E-state index is 12.2. The average Bonchev–Trinajstić information content (AvgIpc) is 2.93. The molecular formula is C13H12ClN3O2S. The van der Waals surface area contributed by atoms with Crippen molar-refractivity contribution in [1.29, 1.82) is 5.26 Å². The summed E-state index contributed by atoms with van der Waals surface area (Å²) in [5.74, 6) is 0.240. The molecule has 0 saturated carbocycles. The molecule has 2 rings (SSSR count). The fourth-order valence-corrected chi connectivity index (χ4v) is 3.12.